The van der Waals surface area contributed by atoms with Gasteiger partial charge < -0.3 is 20.1 Å². The van der Waals surface area contributed by atoms with Crippen molar-refractivity contribution in [2.75, 3.05) is 13.2 Å². The molecule has 4 nitrogen and oxygen atoms in total. The number of quaternary nitrogens is 1. The van der Waals surface area contributed by atoms with Gasteiger partial charge in [0.05, 0.1) is 6.61 Å². The topological polar surface area (TPSA) is 63.5 Å². The van der Waals surface area contributed by atoms with Gasteiger partial charge in [0.15, 0.2) is 0 Å². The van der Waals surface area contributed by atoms with Crippen molar-refractivity contribution in [3.05, 3.63) is 88.6 Å². The maximum Gasteiger partial charge on any atom is 0.110 e. The van der Waals surface area contributed by atoms with Crippen LogP contribution in [0.4, 0.5) is 0 Å². The van der Waals surface area contributed by atoms with E-state index in [1.807, 2.05) is 66.7 Å². The molecule has 0 saturated heterocycles. The SMILES string of the molecule is CCCCCCCCCCC/C(=C\[C@@H](CCO)[N+]([O-])(Cc1ccccc1)Cc1ccccc1)CO. The molecular weight excluding hydrogens is 434 g/mol. The lowest BCUT2D eigenvalue weighted by molar-refractivity contribution is -0.925. The zero-order valence-corrected chi connectivity index (χ0v) is 21.8. The van der Waals surface area contributed by atoms with E-state index in [1.54, 1.807) is 0 Å². The van der Waals surface area contributed by atoms with Crippen LogP contribution >= 0.6 is 0 Å². The predicted molar refractivity (Wildman–Crippen MR) is 146 cm³/mol. The molecule has 2 aromatic rings. The summed E-state index contributed by atoms with van der Waals surface area (Å²) in [5.74, 6) is 0. The van der Waals surface area contributed by atoms with Gasteiger partial charge in [-0.3, -0.25) is 0 Å². The summed E-state index contributed by atoms with van der Waals surface area (Å²) in [4.78, 5) is 0. The van der Waals surface area contributed by atoms with Gasteiger partial charge in [-0.05, 0) is 24.5 Å². The molecule has 0 aliphatic heterocycles. The highest BCUT2D eigenvalue weighted by molar-refractivity contribution is 5.16. The van der Waals surface area contributed by atoms with Crippen molar-refractivity contribution in [3.63, 3.8) is 0 Å². The third-order valence-corrected chi connectivity index (χ3v) is 6.85. The summed E-state index contributed by atoms with van der Waals surface area (Å²) >= 11 is 0. The Balaban J connectivity index is 2.06. The molecular formula is C31H47NO3. The fourth-order valence-electron chi connectivity index (χ4n) is 4.81. The molecule has 0 fully saturated rings. The Morgan fingerprint density at radius 3 is 1.71 bits per heavy atom. The molecule has 0 bridgehead atoms. The van der Waals surface area contributed by atoms with Crippen LogP contribution < -0.4 is 0 Å². The molecule has 35 heavy (non-hydrogen) atoms. The molecule has 0 unspecified atom stereocenters. The van der Waals surface area contributed by atoms with Crippen LogP contribution in [0.1, 0.15) is 88.7 Å². The van der Waals surface area contributed by atoms with E-state index in [0.29, 0.717) is 19.5 Å². The van der Waals surface area contributed by atoms with E-state index < -0.39 is 10.7 Å². The van der Waals surface area contributed by atoms with E-state index in [1.165, 1.54) is 44.9 Å². The molecule has 4 heteroatoms. The van der Waals surface area contributed by atoms with Crippen LogP contribution in [0.5, 0.6) is 0 Å². The summed E-state index contributed by atoms with van der Waals surface area (Å²) in [6.45, 7) is 2.82. The van der Waals surface area contributed by atoms with Gasteiger partial charge in [-0.25, -0.2) is 0 Å². The Morgan fingerprint density at radius 1 is 0.771 bits per heavy atom. The van der Waals surface area contributed by atoms with Gasteiger partial charge in [0.2, 0.25) is 0 Å². The minimum absolute atomic E-state index is 0.0321. The Bertz CT molecular complexity index is 765. The summed E-state index contributed by atoms with van der Waals surface area (Å²) in [5.41, 5.74) is 2.89. The number of benzene rings is 2. The summed E-state index contributed by atoms with van der Waals surface area (Å²) in [6, 6.07) is 19.3. The van der Waals surface area contributed by atoms with Crippen LogP contribution in [0.15, 0.2) is 72.3 Å². The molecule has 0 aliphatic rings. The van der Waals surface area contributed by atoms with E-state index in [2.05, 4.69) is 6.92 Å². The van der Waals surface area contributed by atoms with Crippen molar-refractivity contribution in [1.82, 2.24) is 0 Å². The van der Waals surface area contributed by atoms with Crippen LogP contribution in [-0.4, -0.2) is 34.1 Å². The first-order valence-corrected chi connectivity index (χ1v) is 13.7. The van der Waals surface area contributed by atoms with Crippen molar-refractivity contribution in [1.29, 1.82) is 0 Å². The van der Waals surface area contributed by atoms with Crippen LogP contribution in [0.2, 0.25) is 0 Å². The van der Waals surface area contributed by atoms with Crippen LogP contribution in [0, 0.1) is 5.21 Å². The molecule has 194 valence electrons. The minimum atomic E-state index is -0.476. The van der Waals surface area contributed by atoms with Crippen molar-refractivity contribution in [2.24, 2.45) is 0 Å². The molecule has 0 spiro atoms. The Hall–Kier alpha value is -1.98. The number of nitrogens with zero attached hydrogens (tertiary/aromatic N) is 1. The molecule has 0 radical (unpaired) electrons. The standard InChI is InChI=1S/C31H47NO3/c1-2-3-4-5-6-7-8-9-12-21-30(27-34)24-31(22-23-33)32(35,25-28-17-13-10-14-18-28)26-29-19-15-11-16-20-29/h10-11,13-20,24,31,33-34H,2-9,12,21-23,25-27H2,1H3/b30-24+/t31-/m1/s1. The largest absolute Gasteiger partial charge is 0.632 e. The van der Waals surface area contributed by atoms with E-state index in [4.69, 9.17) is 0 Å². The number of hydrogen-bond donors (Lipinski definition) is 2. The number of unbranched alkanes of at least 4 members (excludes halogenated alkanes) is 8. The fraction of sp³-hybridized carbons (Fsp3) is 0.548. The van der Waals surface area contributed by atoms with Crippen LogP contribution in [0.3, 0.4) is 0 Å². The third kappa shape index (κ3) is 11.5. The number of hydrogen-bond acceptors (Lipinski definition) is 3. The summed E-state index contributed by atoms with van der Waals surface area (Å²) in [6.07, 6.45) is 14.5. The number of hydroxylamine groups is 3. The highest BCUT2D eigenvalue weighted by Gasteiger charge is 2.28. The summed E-state index contributed by atoms with van der Waals surface area (Å²) in [5, 5.41) is 34.3. The molecule has 0 aromatic heterocycles. The second-order valence-corrected chi connectivity index (χ2v) is 9.88. The van der Waals surface area contributed by atoms with Gasteiger partial charge in [0, 0.05) is 24.2 Å². The van der Waals surface area contributed by atoms with E-state index in [9.17, 15) is 15.4 Å². The molecule has 0 heterocycles. The highest BCUT2D eigenvalue weighted by atomic mass is 16.5. The average molecular weight is 482 g/mol. The Kier molecular flexibility index (Phi) is 14.6. The average Bonchev–Trinajstić information content (AvgIpc) is 2.87. The number of aliphatic hydroxyl groups excluding tert-OH is 2. The lowest BCUT2D eigenvalue weighted by Crippen LogP contribution is -2.49. The molecule has 0 aliphatic carbocycles. The fourth-order valence-corrected chi connectivity index (χ4v) is 4.81. The van der Waals surface area contributed by atoms with Crippen molar-refractivity contribution >= 4 is 0 Å². The first kappa shape index (κ1) is 29.3. The smallest absolute Gasteiger partial charge is 0.110 e. The van der Waals surface area contributed by atoms with Gasteiger partial charge in [0.1, 0.15) is 19.1 Å². The van der Waals surface area contributed by atoms with Gasteiger partial charge in [-0.1, -0.05) is 119 Å². The minimum Gasteiger partial charge on any atom is -0.632 e. The zero-order valence-electron chi connectivity index (χ0n) is 21.8. The quantitative estimate of drug-likeness (QED) is 0.0958. The third-order valence-electron chi connectivity index (χ3n) is 6.85. The van der Waals surface area contributed by atoms with Crippen molar-refractivity contribution in [2.45, 2.75) is 96.7 Å². The maximum absolute atomic E-state index is 14.4. The normalized spacial score (nSPS) is 13.2. The van der Waals surface area contributed by atoms with Gasteiger partial charge in [-0.15, -0.1) is 0 Å². The van der Waals surface area contributed by atoms with Crippen LogP contribution in [0.25, 0.3) is 0 Å². The second kappa shape index (κ2) is 17.4. The van der Waals surface area contributed by atoms with Gasteiger partial charge >= 0.3 is 0 Å². The van der Waals surface area contributed by atoms with Crippen molar-refractivity contribution in [3.8, 4) is 0 Å². The van der Waals surface area contributed by atoms with E-state index in [-0.39, 0.29) is 13.2 Å². The first-order chi connectivity index (χ1) is 17.1. The Labute approximate surface area is 213 Å². The van der Waals surface area contributed by atoms with Gasteiger partial charge in [-0.2, -0.15) is 0 Å². The molecule has 0 saturated carbocycles. The predicted octanol–water partition coefficient (Wildman–Crippen LogP) is 7.29. The van der Waals surface area contributed by atoms with Crippen LogP contribution in [-0.2, 0) is 13.1 Å². The molecule has 2 N–H and O–H groups in total. The maximum atomic E-state index is 14.4. The molecule has 2 aromatic carbocycles. The van der Waals surface area contributed by atoms with Crippen molar-refractivity contribution < 1.29 is 14.9 Å². The van der Waals surface area contributed by atoms with E-state index >= 15 is 0 Å². The molecule has 0 amide bonds. The zero-order chi connectivity index (χ0) is 25.2. The molecule has 1 atom stereocenters. The number of rotatable bonds is 19. The molecule has 2 rings (SSSR count). The first-order valence-electron chi connectivity index (χ1n) is 13.7. The van der Waals surface area contributed by atoms with E-state index in [0.717, 1.165) is 36.0 Å². The lowest BCUT2D eigenvalue weighted by Gasteiger charge is -2.48. The highest BCUT2D eigenvalue weighted by Crippen LogP contribution is 2.27. The number of aliphatic hydroxyl groups is 2. The monoisotopic (exact) mass is 481 g/mol. The Morgan fingerprint density at radius 2 is 1.26 bits per heavy atom. The second-order valence-electron chi connectivity index (χ2n) is 9.88. The summed E-state index contributed by atoms with van der Waals surface area (Å²) in [7, 11) is 0. The summed E-state index contributed by atoms with van der Waals surface area (Å²) < 4.78 is -0.476. The van der Waals surface area contributed by atoms with Gasteiger partial charge in [0.25, 0.3) is 0 Å². The lowest BCUT2D eigenvalue weighted by atomic mass is 10.00.